The van der Waals surface area contributed by atoms with E-state index in [0.717, 1.165) is 33.6 Å². The van der Waals surface area contributed by atoms with E-state index in [1.165, 1.54) is 6.07 Å². The molecule has 0 spiro atoms. The molecule has 0 aliphatic carbocycles. The van der Waals surface area contributed by atoms with Crippen LogP contribution < -0.4 is 9.60 Å². The van der Waals surface area contributed by atoms with Gasteiger partial charge in [0, 0.05) is 5.02 Å². The normalized spacial score (nSPS) is 12.6. The zero-order valence-electron chi connectivity index (χ0n) is 19.4. The summed E-state index contributed by atoms with van der Waals surface area (Å²) in [5.41, 5.74) is 4.22. The molecule has 1 atom stereocenters. The molecule has 5 rings (SSSR count). The van der Waals surface area contributed by atoms with Crippen molar-refractivity contribution in [1.29, 1.82) is 0 Å². The van der Waals surface area contributed by atoms with Gasteiger partial charge in [-0.25, -0.2) is 8.42 Å². The number of nitrogens with zero attached hydrogens (tertiary/aromatic N) is 1. The van der Waals surface area contributed by atoms with Crippen LogP contribution in [0.5, 0.6) is 0 Å². The van der Waals surface area contributed by atoms with Gasteiger partial charge in [0.25, 0.3) is 0 Å². The lowest BCUT2D eigenvalue weighted by molar-refractivity contribution is 0.572. The van der Waals surface area contributed by atoms with Crippen molar-refractivity contribution in [2.24, 2.45) is 0 Å². The Bertz CT molecular complexity index is 1710. The number of nitrogens with one attached hydrogen (secondary N) is 1. The molecular weight excluding hydrogens is 512 g/mol. The van der Waals surface area contributed by atoms with Crippen LogP contribution in [-0.2, 0) is 16.6 Å². The molecular formula is C28H23ClN2O3S2. The number of fused-ring (bicyclic) bond motifs is 1. The standard InChI is InChI=1S/C28H23ClN2O3S2/c1-19-8-7-12-21(16-19)27(20-9-3-2-4-10-20)30-36(33,34)23-14-15-25-26(17-23)35-28(32)31(25)18-22-11-5-6-13-24(22)29/h2-17,27,30H,18H2,1H3/t27-/m0/s1. The second-order valence-electron chi connectivity index (χ2n) is 8.55. The largest absolute Gasteiger partial charge is 0.308 e. The molecule has 0 saturated heterocycles. The summed E-state index contributed by atoms with van der Waals surface area (Å²) in [5, 5.41) is 0.579. The highest BCUT2D eigenvalue weighted by atomic mass is 35.5. The van der Waals surface area contributed by atoms with Crippen molar-refractivity contribution in [2.45, 2.75) is 24.4 Å². The number of hydrogen-bond donors (Lipinski definition) is 1. The predicted molar refractivity (Wildman–Crippen MR) is 146 cm³/mol. The quantitative estimate of drug-likeness (QED) is 0.272. The maximum Gasteiger partial charge on any atom is 0.308 e. The van der Waals surface area contributed by atoms with E-state index < -0.39 is 16.1 Å². The highest BCUT2D eigenvalue weighted by Crippen LogP contribution is 2.28. The lowest BCUT2D eigenvalue weighted by Crippen LogP contribution is -2.29. The number of aromatic nitrogens is 1. The van der Waals surface area contributed by atoms with Crippen molar-refractivity contribution < 1.29 is 8.42 Å². The Hall–Kier alpha value is -3.23. The van der Waals surface area contributed by atoms with E-state index in [1.807, 2.05) is 79.7 Å². The van der Waals surface area contributed by atoms with Gasteiger partial charge in [-0.15, -0.1) is 0 Å². The van der Waals surface area contributed by atoms with Gasteiger partial charge in [0.1, 0.15) is 0 Å². The molecule has 0 radical (unpaired) electrons. The van der Waals surface area contributed by atoms with E-state index in [1.54, 1.807) is 22.8 Å². The average molecular weight is 535 g/mol. The smallest absolute Gasteiger partial charge is 0.294 e. The molecule has 36 heavy (non-hydrogen) atoms. The van der Waals surface area contributed by atoms with Gasteiger partial charge >= 0.3 is 4.87 Å². The van der Waals surface area contributed by atoms with E-state index in [4.69, 9.17) is 11.6 Å². The second-order valence-corrected chi connectivity index (χ2v) is 11.7. The molecule has 182 valence electrons. The molecule has 8 heteroatoms. The topological polar surface area (TPSA) is 68.2 Å². The van der Waals surface area contributed by atoms with Crippen LogP contribution in [0.3, 0.4) is 0 Å². The molecule has 4 aromatic carbocycles. The Kier molecular flexibility index (Phi) is 6.81. The molecule has 0 aliphatic heterocycles. The fraction of sp³-hybridized carbons (Fsp3) is 0.107. The van der Waals surface area contributed by atoms with Crippen LogP contribution in [-0.4, -0.2) is 13.0 Å². The number of aryl methyl sites for hydroxylation is 1. The number of thiazole rings is 1. The molecule has 0 unspecified atom stereocenters. The molecule has 0 fully saturated rings. The zero-order chi connectivity index (χ0) is 25.3. The summed E-state index contributed by atoms with van der Waals surface area (Å²) < 4.78 is 32.2. The first-order valence-corrected chi connectivity index (χ1v) is 14.0. The average Bonchev–Trinajstić information content (AvgIpc) is 3.18. The van der Waals surface area contributed by atoms with Gasteiger partial charge in [-0.3, -0.25) is 9.36 Å². The van der Waals surface area contributed by atoms with Crippen LogP contribution in [0.25, 0.3) is 10.2 Å². The summed E-state index contributed by atoms with van der Waals surface area (Å²) >= 11 is 7.31. The number of halogens is 1. The summed E-state index contributed by atoms with van der Waals surface area (Å²) in [6, 6.07) is 28.8. The first-order chi connectivity index (χ1) is 17.3. The second kappa shape index (κ2) is 10.0. The van der Waals surface area contributed by atoms with Crippen LogP contribution in [0.15, 0.2) is 107 Å². The van der Waals surface area contributed by atoms with Crippen molar-refractivity contribution in [1.82, 2.24) is 9.29 Å². The van der Waals surface area contributed by atoms with Crippen molar-refractivity contribution in [3.05, 3.63) is 134 Å². The third-order valence-corrected chi connectivity index (χ3v) is 8.75. The Morgan fingerprint density at radius 3 is 2.36 bits per heavy atom. The summed E-state index contributed by atoms with van der Waals surface area (Å²) in [6.07, 6.45) is 0. The van der Waals surface area contributed by atoms with E-state index in [0.29, 0.717) is 21.8 Å². The molecule has 0 aliphatic rings. The van der Waals surface area contributed by atoms with Crippen LogP contribution in [0.2, 0.25) is 5.02 Å². The highest BCUT2D eigenvalue weighted by molar-refractivity contribution is 7.89. The van der Waals surface area contributed by atoms with E-state index >= 15 is 0 Å². The van der Waals surface area contributed by atoms with Crippen molar-refractivity contribution in [3.8, 4) is 0 Å². The van der Waals surface area contributed by atoms with Crippen LogP contribution in [0, 0.1) is 6.92 Å². The van der Waals surface area contributed by atoms with E-state index in [2.05, 4.69) is 4.72 Å². The summed E-state index contributed by atoms with van der Waals surface area (Å²) in [7, 11) is -3.91. The SMILES string of the molecule is Cc1cccc([C@@H](NS(=O)(=O)c2ccc3c(c2)sc(=O)n3Cc2ccccc2Cl)c2ccccc2)c1. The maximum atomic E-state index is 13.5. The third kappa shape index (κ3) is 5.01. The Labute approximate surface area is 218 Å². The van der Waals surface area contributed by atoms with Gasteiger partial charge in [0.15, 0.2) is 0 Å². The van der Waals surface area contributed by atoms with Gasteiger partial charge in [-0.1, -0.05) is 101 Å². The third-order valence-electron chi connectivity index (χ3n) is 6.02. The van der Waals surface area contributed by atoms with Gasteiger partial charge in [0.2, 0.25) is 10.0 Å². The molecule has 5 nitrogen and oxygen atoms in total. The Morgan fingerprint density at radius 1 is 0.889 bits per heavy atom. The first-order valence-electron chi connectivity index (χ1n) is 11.3. The van der Waals surface area contributed by atoms with Gasteiger partial charge in [-0.2, -0.15) is 4.72 Å². The fourth-order valence-electron chi connectivity index (χ4n) is 4.21. The minimum Gasteiger partial charge on any atom is -0.294 e. The zero-order valence-corrected chi connectivity index (χ0v) is 21.8. The summed E-state index contributed by atoms with van der Waals surface area (Å²) in [4.78, 5) is 12.7. The monoisotopic (exact) mass is 534 g/mol. The first kappa shape index (κ1) is 24.5. The molecule has 0 bridgehead atoms. The van der Waals surface area contributed by atoms with E-state index in [9.17, 15) is 13.2 Å². The van der Waals surface area contributed by atoms with Crippen molar-refractivity contribution in [3.63, 3.8) is 0 Å². The molecule has 1 aromatic heterocycles. The number of hydrogen-bond acceptors (Lipinski definition) is 4. The molecule has 0 amide bonds. The van der Waals surface area contributed by atoms with Crippen LogP contribution >= 0.6 is 22.9 Å². The van der Waals surface area contributed by atoms with Crippen molar-refractivity contribution >= 4 is 43.2 Å². The Balaban J connectivity index is 1.51. The van der Waals surface area contributed by atoms with E-state index in [-0.39, 0.29) is 9.77 Å². The summed E-state index contributed by atoms with van der Waals surface area (Å²) in [5.74, 6) is 0. The lowest BCUT2D eigenvalue weighted by Gasteiger charge is -2.20. The molecule has 0 saturated carbocycles. The molecule has 1 N–H and O–H groups in total. The molecule has 5 aromatic rings. The predicted octanol–water partition coefficient (Wildman–Crippen LogP) is 6.14. The van der Waals surface area contributed by atoms with Crippen LogP contribution in [0.4, 0.5) is 0 Å². The summed E-state index contributed by atoms with van der Waals surface area (Å²) in [6.45, 7) is 2.29. The minimum absolute atomic E-state index is 0.106. The molecule has 1 heterocycles. The number of rotatable bonds is 7. The minimum atomic E-state index is -3.91. The highest BCUT2D eigenvalue weighted by Gasteiger charge is 2.24. The van der Waals surface area contributed by atoms with Crippen molar-refractivity contribution in [2.75, 3.05) is 0 Å². The maximum absolute atomic E-state index is 13.5. The number of benzene rings is 4. The fourth-order valence-corrected chi connectivity index (χ4v) is 6.65. The number of sulfonamides is 1. The van der Waals surface area contributed by atoms with Gasteiger partial charge in [0.05, 0.1) is 27.7 Å². The lowest BCUT2D eigenvalue weighted by atomic mass is 9.98. The van der Waals surface area contributed by atoms with Gasteiger partial charge < -0.3 is 0 Å². The Morgan fingerprint density at radius 2 is 1.61 bits per heavy atom. The van der Waals surface area contributed by atoms with Gasteiger partial charge in [-0.05, 0) is 47.9 Å². The van der Waals surface area contributed by atoms with Crippen LogP contribution in [0.1, 0.15) is 28.3 Å².